The van der Waals surface area contributed by atoms with Crippen LogP contribution in [0.4, 0.5) is 0 Å². The Bertz CT molecular complexity index is 764. The van der Waals surface area contributed by atoms with E-state index in [1.54, 1.807) is 26.4 Å². The van der Waals surface area contributed by atoms with E-state index in [0.29, 0.717) is 42.1 Å². The van der Waals surface area contributed by atoms with Gasteiger partial charge in [0, 0.05) is 25.2 Å². The van der Waals surface area contributed by atoms with E-state index in [1.807, 2.05) is 11.0 Å². The van der Waals surface area contributed by atoms with E-state index in [2.05, 4.69) is 10.2 Å². The van der Waals surface area contributed by atoms with E-state index in [1.165, 1.54) is 0 Å². The fourth-order valence-corrected chi connectivity index (χ4v) is 4.71. The maximum Gasteiger partial charge on any atom is 0.257 e. The van der Waals surface area contributed by atoms with Crippen LogP contribution in [0.15, 0.2) is 18.2 Å². The highest BCUT2D eigenvalue weighted by atomic mass is 16.5. The van der Waals surface area contributed by atoms with Gasteiger partial charge in [0.15, 0.2) is 11.5 Å². The first kappa shape index (κ1) is 20.0. The average molecular weight is 402 g/mol. The lowest BCUT2D eigenvalue weighted by atomic mass is 9.98. The third-order valence-electron chi connectivity index (χ3n) is 6.36. The topological polar surface area (TPSA) is 71.1 Å². The highest BCUT2D eigenvalue weighted by molar-refractivity contribution is 5.98. The van der Waals surface area contributed by atoms with Gasteiger partial charge in [0.1, 0.15) is 0 Å². The molecule has 2 saturated heterocycles. The summed E-state index contributed by atoms with van der Waals surface area (Å²) in [6.07, 6.45) is 5.56. The van der Waals surface area contributed by atoms with Crippen molar-refractivity contribution < 1.29 is 19.1 Å². The molecule has 1 saturated carbocycles. The van der Waals surface area contributed by atoms with E-state index in [0.717, 1.165) is 45.2 Å². The summed E-state index contributed by atoms with van der Waals surface area (Å²) in [6.45, 7) is 2.73. The molecule has 1 aromatic rings. The van der Waals surface area contributed by atoms with Crippen molar-refractivity contribution in [3.8, 4) is 11.5 Å². The first-order chi connectivity index (χ1) is 14.1. The molecule has 0 aromatic heterocycles. The van der Waals surface area contributed by atoms with Gasteiger partial charge in [-0.3, -0.25) is 14.5 Å². The summed E-state index contributed by atoms with van der Waals surface area (Å²) < 4.78 is 10.8. The standard InChI is InChI=1S/C22H31N3O4/c1-28-19-8-5-7-17(21(19)29-2)22(27)25-12-15-6-3-4-11-24(18(15)13-25)14-20(26)23-16-9-10-16/h5,7-8,15-16,18H,3-4,6,9-14H2,1-2H3,(H,23,26)/t15-,18+/m0/s1. The van der Waals surface area contributed by atoms with Crippen molar-refractivity contribution in [3.63, 3.8) is 0 Å². The van der Waals surface area contributed by atoms with E-state index < -0.39 is 0 Å². The van der Waals surface area contributed by atoms with Gasteiger partial charge >= 0.3 is 0 Å². The minimum Gasteiger partial charge on any atom is -0.493 e. The van der Waals surface area contributed by atoms with Crippen LogP contribution in [0.3, 0.4) is 0 Å². The third-order valence-corrected chi connectivity index (χ3v) is 6.36. The summed E-state index contributed by atoms with van der Waals surface area (Å²) in [6, 6.07) is 6.02. The van der Waals surface area contributed by atoms with Crippen LogP contribution in [0, 0.1) is 5.92 Å². The predicted octanol–water partition coefficient (Wildman–Crippen LogP) is 1.91. The average Bonchev–Trinajstić information content (AvgIpc) is 3.48. The molecular formula is C22H31N3O4. The van der Waals surface area contributed by atoms with Crippen LogP contribution in [0.25, 0.3) is 0 Å². The number of para-hydroxylation sites is 1. The lowest BCUT2D eigenvalue weighted by Gasteiger charge is -2.29. The van der Waals surface area contributed by atoms with Gasteiger partial charge in [0.25, 0.3) is 5.91 Å². The maximum atomic E-state index is 13.3. The molecule has 0 radical (unpaired) electrons. The number of hydrogen-bond donors (Lipinski definition) is 1. The number of benzene rings is 1. The zero-order valence-corrected chi connectivity index (χ0v) is 17.4. The number of ether oxygens (including phenoxy) is 2. The molecule has 1 N–H and O–H groups in total. The van der Waals surface area contributed by atoms with Crippen molar-refractivity contribution in [1.82, 2.24) is 15.1 Å². The Labute approximate surface area is 172 Å². The van der Waals surface area contributed by atoms with E-state index in [4.69, 9.17) is 9.47 Å². The van der Waals surface area contributed by atoms with E-state index >= 15 is 0 Å². The summed E-state index contributed by atoms with van der Waals surface area (Å²) in [5.41, 5.74) is 0.529. The van der Waals surface area contributed by atoms with Crippen LogP contribution in [0.5, 0.6) is 11.5 Å². The SMILES string of the molecule is COc1cccc(C(=O)N2C[C@@H]3CCCCN(CC(=O)NC4CC4)[C@@H]3C2)c1OC. The number of carbonyl (C=O) groups excluding carboxylic acids is 2. The van der Waals surface area contributed by atoms with Crippen LogP contribution >= 0.6 is 0 Å². The Morgan fingerprint density at radius 3 is 2.66 bits per heavy atom. The molecule has 29 heavy (non-hydrogen) atoms. The predicted molar refractivity (Wildman–Crippen MR) is 109 cm³/mol. The maximum absolute atomic E-state index is 13.3. The Kier molecular flexibility index (Phi) is 5.94. The monoisotopic (exact) mass is 401 g/mol. The second-order valence-electron chi connectivity index (χ2n) is 8.39. The van der Waals surface area contributed by atoms with Crippen molar-refractivity contribution in [2.75, 3.05) is 40.4 Å². The number of fused-ring (bicyclic) bond motifs is 1. The van der Waals surface area contributed by atoms with Crippen LogP contribution < -0.4 is 14.8 Å². The molecule has 7 heteroatoms. The highest BCUT2D eigenvalue weighted by Crippen LogP contribution is 2.35. The zero-order chi connectivity index (χ0) is 20.4. The number of nitrogens with one attached hydrogen (secondary N) is 1. The summed E-state index contributed by atoms with van der Waals surface area (Å²) >= 11 is 0. The number of methoxy groups -OCH3 is 2. The summed E-state index contributed by atoms with van der Waals surface area (Å²) in [7, 11) is 3.13. The fraction of sp³-hybridized carbons (Fsp3) is 0.636. The molecule has 4 rings (SSSR count). The van der Waals surface area contributed by atoms with Crippen molar-refractivity contribution in [1.29, 1.82) is 0 Å². The quantitative estimate of drug-likeness (QED) is 0.789. The minimum atomic E-state index is -0.0313. The number of rotatable bonds is 6. The van der Waals surface area contributed by atoms with Crippen molar-refractivity contribution >= 4 is 11.8 Å². The van der Waals surface area contributed by atoms with E-state index in [9.17, 15) is 9.59 Å². The largest absolute Gasteiger partial charge is 0.493 e. The van der Waals surface area contributed by atoms with Gasteiger partial charge in [-0.1, -0.05) is 12.5 Å². The Balaban J connectivity index is 1.48. The van der Waals surface area contributed by atoms with Gasteiger partial charge < -0.3 is 19.7 Å². The minimum absolute atomic E-state index is 0.0313. The van der Waals surface area contributed by atoms with Crippen molar-refractivity contribution in [2.45, 2.75) is 44.2 Å². The van der Waals surface area contributed by atoms with Gasteiger partial charge in [-0.05, 0) is 50.3 Å². The van der Waals surface area contributed by atoms with Gasteiger partial charge in [-0.15, -0.1) is 0 Å². The molecule has 0 unspecified atom stereocenters. The lowest BCUT2D eigenvalue weighted by molar-refractivity contribution is -0.123. The number of nitrogens with zero attached hydrogens (tertiary/aromatic N) is 2. The number of hydrogen-bond acceptors (Lipinski definition) is 5. The molecule has 158 valence electrons. The van der Waals surface area contributed by atoms with Crippen LogP contribution in [-0.4, -0.2) is 74.1 Å². The first-order valence-corrected chi connectivity index (χ1v) is 10.6. The number of amides is 2. The molecule has 2 aliphatic heterocycles. The van der Waals surface area contributed by atoms with Crippen LogP contribution in [0.1, 0.15) is 42.5 Å². The first-order valence-electron chi connectivity index (χ1n) is 10.6. The molecule has 1 aliphatic carbocycles. The molecule has 0 bridgehead atoms. The smallest absolute Gasteiger partial charge is 0.257 e. The second kappa shape index (κ2) is 8.61. The summed E-state index contributed by atoms with van der Waals surface area (Å²) in [5, 5.41) is 3.10. The highest BCUT2D eigenvalue weighted by Gasteiger charge is 2.41. The molecule has 0 spiro atoms. The zero-order valence-electron chi connectivity index (χ0n) is 17.4. The Morgan fingerprint density at radius 1 is 1.10 bits per heavy atom. The molecule has 2 amide bonds. The number of likely N-dealkylation sites (tertiary alicyclic amines) is 2. The summed E-state index contributed by atoms with van der Waals surface area (Å²) in [4.78, 5) is 29.9. The van der Waals surface area contributed by atoms with Crippen LogP contribution in [-0.2, 0) is 4.79 Å². The van der Waals surface area contributed by atoms with Crippen LogP contribution in [0.2, 0.25) is 0 Å². The fourth-order valence-electron chi connectivity index (χ4n) is 4.71. The third kappa shape index (κ3) is 4.34. The van der Waals surface area contributed by atoms with Crippen molar-refractivity contribution in [2.24, 2.45) is 5.92 Å². The molecule has 3 aliphatic rings. The lowest BCUT2D eigenvalue weighted by Crippen LogP contribution is -2.46. The second-order valence-corrected chi connectivity index (χ2v) is 8.39. The molecule has 3 fully saturated rings. The van der Waals surface area contributed by atoms with E-state index in [-0.39, 0.29) is 17.9 Å². The molecule has 2 heterocycles. The normalized spacial score (nSPS) is 24.6. The van der Waals surface area contributed by atoms with Gasteiger partial charge in [0.05, 0.1) is 26.3 Å². The van der Waals surface area contributed by atoms with Gasteiger partial charge in [0.2, 0.25) is 5.91 Å². The molecule has 2 atom stereocenters. The summed E-state index contributed by atoms with van der Waals surface area (Å²) in [5.74, 6) is 1.54. The Morgan fingerprint density at radius 2 is 1.93 bits per heavy atom. The Hall–Kier alpha value is -2.28. The molecule has 1 aromatic carbocycles. The van der Waals surface area contributed by atoms with Gasteiger partial charge in [-0.2, -0.15) is 0 Å². The van der Waals surface area contributed by atoms with Gasteiger partial charge in [-0.25, -0.2) is 0 Å². The number of carbonyl (C=O) groups is 2. The van der Waals surface area contributed by atoms with Crippen molar-refractivity contribution in [3.05, 3.63) is 23.8 Å². The molecular weight excluding hydrogens is 370 g/mol. The molecule has 7 nitrogen and oxygen atoms in total.